The summed E-state index contributed by atoms with van der Waals surface area (Å²) in [7, 11) is 0. The van der Waals surface area contributed by atoms with Gasteiger partial charge in [0.2, 0.25) is 0 Å². The quantitative estimate of drug-likeness (QED) is 0.172. The van der Waals surface area contributed by atoms with Crippen molar-refractivity contribution in [2.45, 2.75) is 0 Å². The maximum absolute atomic E-state index is 7.15. The first-order valence-corrected chi connectivity index (χ1v) is 18.8. The molecule has 0 N–H and O–H groups in total. The van der Waals surface area contributed by atoms with Crippen molar-refractivity contribution in [2.24, 2.45) is 0 Å². The molecule has 0 radical (unpaired) electrons. The van der Waals surface area contributed by atoms with E-state index in [4.69, 9.17) is 8.83 Å². The van der Waals surface area contributed by atoms with Crippen LogP contribution >= 0.6 is 11.3 Å². The lowest BCUT2D eigenvalue weighted by molar-refractivity contribution is 0.634. The van der Waals surface area contributed by atoms with Crippen LogP contribution in [-0.4, -0.2) is 0 Å². The van der Waals surface area contributed by atoms with Gasteiger partial charge in [0.1, 0.15) is 22.5 Å². The second-order valence-electron chi connectivity index (χ2n) is 13.9. The Kier molecular flexibility index (Phi) is 5.96. The number of thiophene rings is 1. The van der Waals surface area contributed by atoms with E-state index < -0.39 is 0 Å². The van der Waals surface area contributed by atoms with E-state index in [-0.39, 0.29) is 0 Å². The molecule has 2 nitrogen and oxygen atoms in total. The van der Waals surface area contributed by atoms with Gasteiger partial charge in [-0.2, -0.15) is 0 Å². The first-order chi connectivity index (χ1) is 26.3. The van der Waals surface area contributed by atoms with Crippen molar-refractivity contribution in [3.63, 3.8) is 0 Å². The predicted molar refractivity (Wildman–Crippen MR) is 225 cm³/mol. The van der Waals surface area contributed by atoms with Gasteiger partial charge in [-0.1, -0.05) is 133 Å². The van der Waals surface area contributed by atoms with Crippen molar-refractivity contribution in [1.82, 2.24) is 0 Å². The summed E-state index contributed by atoms with van der Waals surface area (Å²) in [4.78, 5) is 0. The summed E-state index contributed by atoms with van der Waals surface area (Å²) in [5, 5.41) is 12.9. The fraction of sp³-hybridized carbons (Fsp3) is 0. The molecule has 53 heavy (non-hydrogen) atoms. The van der Waals surface area contributed by atoms with Crippen molar-refractivity contribution in [3.05, 3.63) is 170 Å². The van der Waals surface area contributed by atoms with Crippen LogP contribution in [0.25, 0.3) is 119 Å². The zero-order chi connectivity index (χ0) is 34.6. The second-order valence-corrected chi connectivity index (χ2v) is 15.0. The van der Waals surface area contributed by atoms with E-state index in [9.17, 15) is 0 Å². The van der Waals surface area contributed by atoms with Gasteiger partial charge >= 0.3 is 0 Å². The molecule has 9 aromatic carbocycles. The monoisotopic (exact) mass is 692 g/mol. The highest BCUT2D eigenvalue weighted by atomic mass is 32.1. The van der Waals surface area contributed by atoms with Crippen LogP contribution in [0.15, 0.2) is 179 Å². The first kappa shape index (κ1) is 29.0. The Morgan fingerprint density at radius 1 is 0.340 bits per heavy atom. The first-order valence-electron chi connectivity index (χ1n) is 18.0. The van der Waals surface area contributed by atoms with Crippen molar-refractivity contribution >= 4 is 96.7 Å². The lowest BCUT2D eigenvalue weighted by Crippen LogP contribution is -1.91. The van der Waals surface area contributed by atoms with Crippen LogP contribution in [0.5, 0.6) is 0 Å². The van der Waals surface area contributed by atoms with Gasteiger partial charge in [0.05, 0.1) is 0 Å². The van der Waals surface area contributed by atoms with Crippen LogP contribution in [0.3, 0.4) is 0 Å². The minimum Gasteiger partial charge on any atom is -0.455 e. The van der Waals surface area contributed by atoms with E-state index in [0.29, 0.717) is 0 Å². The van der Waals surface area contributed by atoms with Gasteiger partial charge in [0.15, 0.2) is 0 Å². The lowest BCUT2D eigenvalue weighted by atomic mass is 9.85. The molecule has 0 bridgehead atoms. The summed E-state index contributed by atoms with van der Waals surface area (Å²) in [5.74, 6) is 0.899. The molecule has 12 aromatic rings. The number of fused-ring (bicyclic) bond motifs is 12. The maximum atomic E-state index is 7.15. The molecule has 0 aliphatic heterocycles. The Hall–Kier alpha value is -6.68. The summed E-state index contributed by atoms with van der Waals surface area (Å²) in [6.45, 7) is 0. The third kappa shape index (κ3) is 4.08. The Morgan fingerprint density at radius 2 is 0.981 bits per heavy atom. The third-order valence-corrected chi connectivity index (χ3v) is 12.2. The van der Waals surface area contributed by atoms with Crippen molar-refractivity contribution in [1.29, 1.82) is 0 Å². The number of benzene rings is 9. The summed E-state index contributed by atoms with van der Waals surface area (Å²) < 4.78 is 16.2. The normalized spacial score (nSPS) is 12.2. The summed E-state index contributed by atoms with van der Waals surface area (Å²) in [6, 6.07) is 61.1. The Labute approximate surface area is 307 Å². The van der Waals surface area contributed by atoms with Crippen LogP contribution in [0.1, 0.15) is 0 Å². The van der Waals surface area contributed by atoms with Crippen LogP contribution in [-0.2, 0) is 0 Å². The van der Waals surface area contributed by atoms with Crippen LogP contribution in [0, 0.1) is 0 Å². The SMILES string of the molecule is c1ccc(-c2c(-c3c4ccccc4c(-c4ccc5ccc6c7ccccc7oc6c5c4)c4ccccc34)oc3ccc4sc5ccccc5c4c23)cc1. The smallest absolute Gasteiger partial charge is 0.144 e. The highest BCUT2D eigenvalue weighted by Gasteiger charge is 2.26. The second kappa shape index (κ2) is 10.9. The molecule has 0 spiro atoms. The van der Waals surface area contributed by atoms with E-state index in [1.165, 1.54) is 41.9 Å². The molecule has 0 unspecified atom stereocenters. The topological polar surface area (TPSA) is 26.3 Å². The van der Waals surface area contributed by atoms with Crippen molar-refractivity contribution in [3.8, 4) is 33.6 Å². The van der Waals surface area contributed by atoms with E-state index in [2.05, 4.69) is 164 Å². The number of rotatable bonds is 3. The molecular formula is C50H28O2S. The fourth-order valence-corrected chi connectivity index (χ4v) is 9.92. The fourth-order valence-electron chi connectivity index (χ4n) is 8.80. The van der Waals surface area contributed by atoms with Crippen LogP contribution in [0.2, 0.25) is 0 Å². The van der Waals surface area contributed by atoms with E-state index in [1.54, 1.807) is 0 Å². The molecule has 0 fully saturated rings. The molecule has 0 atom stereocenters. The van der Waals surface area contributed by atoms with Gasteiger partial charge in [-0.05, 0) is 80.0 Å². The Morgan fingerprint density at radius 3 is 1.75 bits per heavy atom. The van der Waals surface area contributed by atoms with E-state index >= 15 is 0 Å². The lowest BCUT2D eigenvalue weighted by Gasteiger charge is -2.17. The van der Waals surface area contributed by atoms with Gasteiger partial charge in [-0.15, -0.1) is 11.3 Å². The molecule has 3 heterocycles. The molecule has 0 aliphatic rings. The third-order valence-electron chi connectivity index (χ3n) is 11.1. The van der Waals surface area contributed by atoms with Crippen molar-refractivity contribution in [2.75, 3.05) is 0 Å². The van der Waals surface area contributed by atoms with E-state index in [0.717, 1.165) is 77.1 Å². The van der Waals surface area contributed by atoms with Gasteiger partial charge < -0.3 is 8.83 Å². The number of hydrogen-bond donors (Lipinski definition) is 0. The molecule has 3 heteroatoms. The van der Waals surface area contributed by atoms with Crippen LogP contribution < -0.4 is 0 Å². The highest BCUT2D eigenvalue weighted by molar-refractivity contribution is 7.26. The molecule has 246 valence electrons. The minimum absolute atomic E-state index is 0.899. The van der Waals surface area contributed by atoms with E-state index in [1.807, 2.05) is 17.4 Å². The average molecular weight is 693 g/mol. The molecule has 0 saturated carbocycles. The summed E-state index contributed by atoms with van der Waals surface area (Å²) >= 11 is 1.84. The summed E-state index contributed by atoms with van der Waals surface area (Å²) in [5.41, 5.74) is 8.50. The molecule has 0 saturated heterocycles. The molecule has 3 aromatic heterocycles. The molecule has 0 amide bonds. The maximum Gasteiger partial charge on any atom is 0.144 e. The highest BCUT2D eigenvalue weighted by Crippen LogP contribution is 2.52. The minimum atomic E-state index is 0.899. The molecule has 0 aliphatic carbocycles. The summed E-state index contributed by atoms with van der Waals surface area (Å²) in [6.07, 6.45) is 0. The molecular weight excluding hydrogens is 665 g/mol. The zero-order valence-corrected chi connectivity index (χ0v) is 29.2. The zero-order valence-electron chi connectivity index (χ0n) is 28.4. The number of para-hydroxylation sites is 1. The van der Waals surface area contributed by atoms with Crippen LogP contribution in [0.4, 0.5) is 0 Å². The molecule has 12 rings (SSSR count). The van der Waals surface area contributed by atoms with Gasteiger partial charge in [0, 0.05) is 52.8 Å². The average Bonchev–Trinajstić information content (AvgIpc) is 3.91. The Bertz CT molecular complexity index is 3390. The van der Waals surface area contributed by atoms with Gasteiger partial charge in [-0.3, -0.25) is 0 Å². The Balaban J connectivity index is 1.21. The van der Waals surface area contributed by atoms with Crippen molar-refractivity contribution < 1.29 is 8.83 Å². The predicted octanol–water partition coefficient (Wildman–Crippen LogP) is 15.2. The number of furan rings is 2. The van der Waals surface area contributed by atoms with Gasteiger partial charge in [0.25, 0.3) is 0 Å². The largest absolute Gasteiger partial charge is 0.455 e. The standard InChI is InChI=1S/C50H28O2S/c1-2-12-30(13-3-1)45-48-41(26-27-43-47(48)38-19-9-11-21-42(38)53-43)52-50(45)46-35-17-6-4-15-33(35)44(34-16-5-7-18-36(34)46)31-23-22-29-24-25-37-32-14-8-10-20-40(32)51-49(37)39(29)28-31/h1-28H. The number of hydrogen-bond acceptors (Lipinski definition) is 3. The van der Waals surface area contributed by atoms with Gasteiger partial charge in [-0.25, -0.2) is 0 Å².